The number of sulfonamides is 1. The number of benzene rings is 1. The highest BCUT2D eigenvalue weighted by atomic mass is 32.2. The monoisotopic (exact) mass is 299 g/mol. The largest absolute Gasteiger partial charge is 0.388 e. The van der Waals surface area contributed by atoms with Gasteiger partial charge in [-0.3, -0.25) is 0 Å². The Hall–Kier alpha value is -0.950. The van der Waals surface area contributed by atoms with Gasteiger partial charge >= 0.3 is 0 Å². The topological polar surface area (TPSA) is 75.6 Å². The predicted octanol–water partition coefficient (Wildman–Crippen LogP) is 1.59. The molecule has 1 aromatic carbocycles. The number of aliphatic hydroxyl groups excluding tert-OH is 1. The predicted molar refractivity (Wildman–Crippen MR) is 75.9 cm³/mol. The average molecular weight is 299 g/mol. The highest BCUT2D eigenvalue weighted by molar-refractivity contribution is 7.89. The Bertz CT molecular complexity index is 538. The molecule has 6 heteroatoms. The summed E-state index contributed by atoms with van der Waals surface area (Å²) < 4.78 is 32.6. The first kappa shape index (κ1) is 15.4. The van der Waals surface area contributed by atoms with Gasteiger partial charge in [-0.2, -0.15) is 0 Å². The van der Waals surface area contributed by atoms with Crippen LogP contribution in [0.4, 0.5) is 0 Å². The molecule has 1 aromatic rings. The van der Waals surface area contributed by atoms with Gasteiger partial charge in [-0.15, -0.1) is 0 Å². The van der Waals surface area contributed by atoms with Gasteiger partial charge in [0.1, 0.15) is 0 Å². The first-order valence-corrected chi connectivity index (χ1v) is 8.39. The van der Waals surface area contributed by atoms with Gasteiger partial charge in [-0.25, -0.2) is 13.1 Å². The fraction of sp³-hybridized carbons (Fsp3) is 0.571. The summed E-state index contributed by atoms with van der Waals surface area (Å²) in [4.78, 5) is 0.188. The van der Waals surface area contributed by atoms with E-state index in [1.807, 2.05) is 6.92 Å². The Morgan fingerprint density at radius 3 is 2.95 bits per heavy atom. The quantitative estimate of drug-likeness (QED) is 0.865. The number of rotatable bonds is 5. The van der Waals surface area contributed by atoms with Crippen molar-refractivity contribution in [2.24, 2.45) is 0 Å². The van der Waals surface area contributed by atoms with Gasteiger partial charge in [0.05, 0.1) is 17.6 Å². The lowest BCUT2D eigenvalue weighted by atomic mass is 10.1. The lowest BCUT2D eigenvalue weighted by Gasteiger charge is -2.23. The maximum absolute atomic E-state index is 12.3. The summed E-state index contributed by atoms with van der Waals surface area (Å²) in [5.41, 5.74) is 0.621. The van der Waals surface area contributed by atoms with Crippen LogP contribution in [-0.4, -0.2) is 32.8 Å². The molecule has 2 N–H and O–H groups in total. The van der Waals surface area contributed by atoms with E-state index in [1.54, 1.807) is 12.1 Å². The zero-order valence-electron chi connectivity index (χ0n) is 11.6. The molecule has 1 aliphatic rings. The Kier molecular flexibility index (Phi) is 5.15. The van der Waals surface area contributed by atoms with Gasteiger partial charge in [-0.1, -0.05) is 19.1 Å². The first-order chi connectivity index (χ1) is 9.53. The van der Waals surface area contributed by atoms with E-state index >= 15 is 0 Å². The van der Waals surface area contributed by atoms with Gasteiger partial charge in [0.15, 0.2) is 0 Å². The molecule has 2 atom stereocenters. The number of nitrogens with one attached hydrogen (secondary N) is 1. The molecule has 0 amide bonds. The van der Waals surface area contributed by atoms with E-state index in [4.69, 9.17) is 4.74 Å². The molecule has 1 heterocycles. The minimum atomic E-state index is -3.57. The summed E-state index contributed by atoms with van der Waals surface area (Å²) in [5.74, 6) is 0. The molecule has 0 aromatic heterocycles. The van der Waals surface area contributed by atoms with Gasteiger partial charge in [0, 0.05) is 12.6 Å². The van der Waals surface area contributed by atoms with Gasteiger partial charge in [-0.05, 0) is 37.0 Å². The van der Waals surface area contributed by atoms with Crippen LogP contribution in [0.3, 0.4) is 0 Å². The van der Waals surface area contributed by atoms with Crippen LogP contribution in [0.15, 0.2) is 29.2 Å². The van der Waals surface area contributed by atoms with Crippen LogP contribution in [0.1, 0.15) is 37.9 Å². The zero-order valence-corrected chi connectivity index (χ0v) is 12.4. The molecule has 5 nitrogen and oxygen atoms in total. The lowest BCUT2D eigenvalue weighted by Crippen LogP contribution is -2.40. The molecule has 1 fully saturated rings. The van der Waals surface area contributed by atoms with Gasteiger partial charge in [0.25, 0.3) is 0 Å². The van der Waals surface area contributed by atoms with Crippen LogP contribution < -0.4 is 4.72 Å². The SMILES string of the molecule is CCC(O)c1cccc(S(=O)(=O)NC2CCCOC2)c1. The summed E-state index contributed by atoms with van der Waals surface area (Å²) in [6.07, 6.45) is 1.56. The number of hydrogen-bond acceptors (Lipinski definition) is 4. The highest BCUT2D eigenvalue weighted by Gasteiger charge is 2.22. The third-order valence-electron chi connectivity index (χ3n) is 3.42. The van der Waals surface area contributed by atoms with Crippen LogP contribution in [0, 0.1) is 0 Å². The standard InChI is InChI=1S/C14H21NO4S/c1-2-14(16)11-5-3-7-13(9-11)20(17,18)15-12-6-4-8-19-10-12/h3,5,7,9,12,14-16H,2,4,6,8,10H2,1H3. The second kappa shape index (κ2) is 6.67. The Balaban J connectivity index is 2.16. The maximum atomic E-state index is 12.3. The Morgan fingerprint density at radius 2 is 2.30 bits per heavy atom. The van der Waals surface area contributed by atoms with Crippen molar-refractivity contribution in [2.45, 2.75) is 43.2 Å². The molecule has 0 aliphatic carbocycles. The van der Waals surface area contributed by atoms with E-state index < -0.39 is 16.1 Å². The second-order valence-electron chi connectivity index (χ2n) is 5.03. The lowest BCUT2D eigenvalue weighted by molar-refractivity contribution is 0.0774. The molecule has 0 spiro atoms. The highest BCUT2D eigenvalue weighted by Crippen LogP contribution is 2.20. The van der Waals surface area contributed by atoms with Crippen molar-refractivity contribution in [1.29, 1.82) is 0 Å². The molecular formula is C14H21NO4S. The van der Waals surface area contributed by atoms with E-state index in [0.29, 0.717) is 25.2 Å². The molecule has 1 saturated heterocycles. The normalized spacial score (nSPS) is 21.6. The van der Waals surface area contributed by atoms with Crippen LogP contribution in [0.5, 0.6) is 0 Å². The fourth-order valence-electron chi connectivity index (χ4n) is 2.25. The zero-order chi connectivity index (χ0) is 14.6. The maximum Gasteiger partial charge on any atom is 0.240 e. The van der Waals surface area contributed by atoms with E-state index in [2.05, 4.69) is 4.72 Å². The van der Waals surface area contributed by atoms with Crippen molar-refractivity contribution in [1.82, 2.24) is 4.72 Å². The van der Waals surface area contributed by atoms with Gasteiger partial charge < -0.3 is 9.84 Å². The van der Waals surface area contributed by atoms with E-state index in [0.717, 1.165) is 12.8 Å². The van der Waals surface area contributed by atoms with Crippen LogP contribution >= 0.6 is 0 Å². The molecule has 0 bridgehead atoms. The minimum absolute atomic E-state index is 0.173. The van der Waals surface area contributed by atoms with Crippen LogP contribution in [0.2, 0.25) is 0 Å². The van der Waals surface area contributed by atoms with E-state index in [-0.39, 0.29) is 10.9 Å². The number of hydrogen-bond donors (Lipinski definition) is 2. The second-order valence-corrected chi connectivity index (χ2v) is 6.75. The van der Waals surface area contributed by atoms with Crippen molar-refractivity contribution in [2.75, 3.05) is 13.2 Å². The van der Waals surface area contributed by atoms with Crippen molar-refractivity contribution >= 4 is 10.0 Å². The molecule has 0 radical (unpaired) electrons. The van der Waals surface area contributed by atoms with Crippen LogP contribution in [-0.2, 0) is 14.8 Å². The molecule has 2 rings (SSSR count). The molecule has 2 unspecified atom stereocenters. The minimum Gasteiger partial charge on any atom is -0.388 e. The summed E-state index contributed by atoms with van der Waals surface area (Å²) in [6.45, 7) is 2.95. The number of aliphatic hydroxyl groups is 1. The van der Waals surface area contributed by atoms with E-state index in [1.165, 1.54) is 12.1 Å². The van der Waals surface area contributed by atoms with Gasteiger partial charge in [0.2, 0.25) is 10.0 Å². The van der Waals surface area contributed by atoms with Crippen LogP contribution in [0.25, 0.3) is 0 Å². The fourth-order valence-corrected chi connectivity index (χ4v) is 3.56. The average Bonchev–Trinajstić information content (AvgIpc) is 2.47. The molecule has 20 heavy (non-hydrogen) atoms. The third kappa shape index (κ3) is 3.79. The number of ether oxygens (including phenoxy) is 1. The molecule has 1 aliphatic heterocycles. The molecular weight excluding hydrogens is 278 g/mol. The van der Waals surface area contributed by atoms with Crippen molar-refractivity contribution in [3.63, 3.8) is 0 Å². The van der Waals surface area contributed by atoms with E-state index in [9.17, 15) is 13.5 Å². The van der Waals surface area contributed by atoms with Crippen molar-refractivity contribution < 1.29 is 18.3 Å². The summed E-state index contributed by atoms with van der Waals surface area (Å²) in [7, 11) is -3.57. The Morgan fingerprint density at radius 1 is 1.50 bits per heavy atom. The molecule has 112 valence electrons. The van der Waals surface area contributed by atoms with Crippen molar-refractivity contribution in [3.05, 3.63) is 29.8 Å². The molecule has 0 saturated carbocycles. The van der Waals surface area contributed by atoms with Crippen molar-refractivity contribution in [3.8, 4) is 0 Å². The Labute approximate surface area is 120 Å². The summed E-state index contributed by atoms with van der Waals surface area (Å²) in [5, 5.41) is 9.81. The first-order valence-electron chi connectivity index (χ1n) is 6.91. The third-order valence-corrected chi connectivity index (χ3v) is 4.94. The smallest absolute Gasteiger partial charge is 0.240 e. The summed E-state index contributed by atoms with van der Waals surface area (Å²) >= 11 is 0. The summed E-state index contributed by atoms with van der Waals surface area (Å²) in [6, 6.07) is 6.28.